The quantitative estimate of drug-likeness (QED) is 0.823. The van der Waals surface area contributed by atoms with Crippen LogP contribution in [-0.2, 0) is 0 Å². The molecule has 0 saturated heterocycles. The van der Waals surface area contributed by atoms with E-state index in [0.717, 1.165) is 16.3 Å². The van der Waals surface area contributed by atoms with Gasteiger partial charge < -0.3 is 10.2 Å². The molecule has 1 saturated carbocycles. The number of nitrogens with zero attached hydrogens (tertiary/aromatic N) is 1. The van der Waals surface area contributed by atoms with Crippen molar-refractivity contribution in [3.05, 3.63) is 16.3 Å². The summed E-state index contributed by atoms with van der Waals surface area (Å²) >= 11 is 5.65. The van der Waals surface area contributed by atoms with Gasteiger partial charge in [-0.1, -0.05) is 0 Å². The van der Waals surface area contributed by atoms with Gasteiger partial charge in [0.15, 0.2) is 0 Å². The Labute approximate surface area is 112 Å². The average molecular weight is 270 g/mol. The maximum atomic E-state index is 11.9. The number of carbonyl (C=O) groups excluding carboxylic acids is 1. The molecule has 1 aliphatic rings. The Morgan fingerprint density at radius 2 is 2.29 bits per heavy atom. The van der Waals surface area contributed by atoms with Gasteiger partial charge in [-0.3, -0.25) is 4.79 Å². The summed E-state index contributed by atoms with van der Waals surface area (Å²) in [5.74, 6) is 0.0171. The zero-order valence-corrected chi connectivity index (χ0v) is 11.9. The second kappa shape index (κ2) is 5.00. The van der Waals surface area contributed by atoms with Gasteiger partial charge >= 0.3 is 0 Å². The molecular weight excluding hydrogens is 252 g/mol. The Morgan fingerprint density at radius 3 is 2.71 bits per heavy atom. The number of hydrogen-bond acceptors (Lipinski definition) is 4. The van der Waals surface area contributed by atoms with E-state index < -0.39 is 0 Å². The van der Waals surface area contributed by atoms with Crippen molar-refractivity contribution in [2.24, 2.45) is 0 Å². The van der Waals surface area contributed by atoms with Gasteiger partial charge in [-0.25, -0.2) is 0 Å². The lowest BCUT2D eigenvalue weighted by Crippen LogP contribution is -2.57. The van der Waals surface area contributed by atoms with Crippen LogP contribution in [0.25, 0.3) is 0 Å². The molecule has 0 bridgehead atoms. The van der Waals surface area contributed by atoms with Gasteiger partial charge in [0.1, 0.15) is 0 Å². The highest BCUT2D eigenvalue weighted by atomic mass is 32.1. The van der Waals surface area contributed by atoms with Crippen molar-refractivity contribution in [1.29, 1.82) is 0 Å². The van der Waals surface area contributed by atoms with Crippen molar-refractivity contribution in [3.8, 4) is 0 Å². The summed E-state index contributed by atoms with van der Waals surface area (Å²) in [5, 5.41) is 4.91. The molecule has 0 atom stereocenters. The largest absolute Gasteiger partial charge is 0.349 e. The molecule has 0 spiro atoms. The van der Waals surface area contributed by atoms with E-state index in [-0.39, 0.29) is 11.4 Å². The zero-order valence-electron chi connectivity index (χ0n) is 10.2. The van der Waals surface area contributed by atoms with E-state index in [2.05, 4.69) is 36.9 Å². The van der Waals surface area contributed by atoms with Crippen molar-refractivity contribution in [3.63, 3.8) is 0 Å². The molecule has 1 aliphatic carbocycles. The molecule has 1 amide bonds. The van der Waals surface area contributed by atoms with Crippen LogP contribution in [0, 0.1) is 0 Å². The smallest absolute Gasteiger partial charge is 0.261 e. The minimum atomic E-state index is 0.0171. The number of thiol groups is 1. The molecule has 1 aromatic heterocycles. The molecule has 0 radical (unpaired) electrons. The summed E-state index contributed by atoms with van der Waals surface area (Å²) in [6.45, 7) is 0.735. The first-order valence-electron chi connectivity index (χ1n) is 5.77. The van der Waals surface area contributed by atoms with Crippen LogP contribution in [0.15, 0.2) is 16.3 Å². The first-order valence-corrected chi connectivity index (χ1v) is 7.09. The highest BCUT2D eigenvalue weighted by Crippen LogP contribution is 2.35. The van der Waals surface area contributed by atoms with Crippen LogP contribution < -0.4 is 5.32 Å². The summed E-state index contributed by atoms with van der Waals surface area (Å²) in [6, 6.07) is 1.81. The molecule has 1 aromatic rings. The van der Waals surface area contributed by atoms with Crippen LogP contribution in [0.1, 0.15) is 28.9 Å². The van der Waals surface area contributed by atoms with E-state index in [1.54, 1.807) is 0 Å². The number of rotatable bonds is 4. The van der Waals surface area contributed by atoms with Crippen LogP contribution in [0.4, 0.5) is 0 Å². The van der Waals surface area contributed by atoms with Crippen LogP contribution in [0.5, 0.6) is 0 Å². The van der Waals surface area contributed by atoms with Gasteiger partial charge in [0.05, 0.1) is 4.88 Å². The van der Waals surface area contributed by atoms with Gasteiger partial charge in [0.25, 0.3) is 5.91 Å². The van der Waals surface area contributed by atoms with Crippen molar-refractivity contribution >= 4 is 29.9 Å². The van der Waals surface area contributed by atoms with E-state index in [0.29, 0.717) is 0 Å². The number of nitrogens with one attached hydrogen (secondary N) is 1. The van der Waals surface area contributed by atoms with Gasteiger partial charge in [-0.05, 0) is 39.4 Å². The number of amides is 1. The fourth-order valence-corrected chi connectivity index (χ4v) is 3.21. The van der Waals surface area contributed by atoms with Gasteiger partial charge in [-0.2, -0.15) is 0 Å². The monoisotopic (exact) mass is 270 g/mol. The molecule has 0 aliphatic heterocycles. The normalized spacial score (nSPS) is 17.9. The van der Waals surface area contributed by atoms with Crippen LogP contribution in [0.3, 0.4) is 0 Å². The Hall–Kier alpha value is -0.520. The number of hydrogen-bond donors (Lipinski definition) is 2. The second-order valence-corrected chi connectivity index (χ2v) is 6.25. The lowest BCUT2D eigenvalue weighted by atomic mass is 9.75. The third-order valence-corrected chi connectivity index (χ3v) is 4.98. The SMILES string of the molecule is CN(C)C1(CNC(=O)c2cc(S)cs2)CCC1. The number of thiophene rings is 1. The third kappa shape index (κ3) is 2.67. The van der Waals surface area contributed by atoms with Crippen molar-refractivity contribution in [2.45, 2.75) is 29.7 Å². The highest BCUT2D eigenvalue weighted by molar-refractivity contribution is 7.80. The third-order valence-electron chi connectivity index (χ3n) is 3.62. The van der Waals surface area contributed by atoms with Crippen LogP contribution in [0.2, 0.25) is 0 Å². The Bertz CT molecular complexity index is 410. The van der Waals surface area contributed by atoms with Crippen LogP contribution in [-0.4, -0.2) is 37.0 Å². The molecule has 3 nitrogen and oxygen atoms in total. The summed E-state index contributed by atoms with van der Waals surface area (Å²) < 4.78 is 0. The minimum absolute atomic E-state index is 0.0171. The molecule has 1 heterocycles. The van der Waals surface area contributed by atoms with Gasteiger partial charge in [-0.15, -0.1) is 24.0 Å². The summed E-state index contributed by atoms with van der Waals surface area (Å²) in [4.78, 5) is 15.7. The maximum absolute atomic E-state index is 11.9. The standard InChI is InChI=1S/C12H18N2OS2/c1-14(2)12(4-3-5-12)8-13-11(15)10-6-9(16)7-17-10/h6-7,16H,3-5,8H2,1-2H3,(H,13,15). The van der Waals surface area contributed by atoms with Crippen molar-refractivity contribution in [1.82, 2.24) is 10.2 Å². The van der Waals surface area contributed by atoms with E-state index in [1.165, 1.54) is 30.6 Å². The Morgan fingerprint density at radius 1 is 1.59 bits per heavy atom. The fourth-order valence-electron chi connectivity index (χ4n) is 2.14. The fraction of sp³-hybridized carbons (Fsp3) is 0.583. The van der Waals surface area contributed by atoms with E-state index >= 15 is 0 Å². The maximum Gasteiger partial charge on any atom is 0.261 e. The van der Waals surface area contributed by atoms with Crippen molar-refractivity contribution < 1.29 is 4.79 Å². The number of carbonyl (C=O) groups is 1. The predicted molar refractivity (Wildman–Crippen MR) is 74.2 cm³/mol. The molecule has 0 unspecified atom stereocenters. The lowest BCUT2D eigenvalue weighted by molar-refractivity contribution is 0.0559. The molecule has 5 heteroatoms. The Balaban J connectivity index is 1.92. The molecule has 1 N–H and O–H groups in total. The predicted octanol–water partition coefficient (Wildman–Crippen LogP) is 2.25. The molecule has 1 fully saturated rings. The molecule has 94 valence electrons. The summed E-state index contributed by atoms with van der Waals surface area (Å²) in [7, 11) is 4.17. The first kappa shape index (κ1) is 12.9. The minimum Gasteiger partial charge on any atom is -0.349 e. The zero-order chi connectivity index (χ0) is 12.5. The van der Waals surface area contributed by atoms with Crippen molar-refractivity contribution in [2.75, 3.05) is 20.6 Å². The highest BCUT2D eigenvalue weighted by Gasteiger charge is 2.39. The summed E-state index contributed by atoms with van der Waals surface area (Å²) in [6.07, 6.45) is 3.60. The summed E-state index contributed by atoms with van der Waals surface area (Å²) in [5.41, 5.74) is 0.177. The molecule has 0 aromatic carbocycles. The first-order chi connectivity index (χ1) is 8.03. The van der Waals surface area contributed by atoms with Crippen LogP contribution >= 0.6 is 24.0 Å². The lowest BCUT2D eigenvalue weighted by Gasteiger charge is -2.47. The number of likely N-dealkylation sites (N-methyl/N-ethyl adjacent to an activating group) is 1. The van der Waals surface area contributed by atoms with Gasteiger partial charge in [0, 0.05) is 22.4 Å². The molecular formula is C12H18N2OS2. The van der Waals surface area contributed by atoms with E-state index in [1.807, 2.05) is 11.4 Å². The molecule has 17 heavy (non-hydrogen) atoms. The average Bonchev–Trinajstić information content (AvgIpc) is 2.62. The van der Waals surface area contributed by atoms with Gasteiger partial charge in [0.2, 0.25) is 0 Å². The van der Waals surface area contributed by atoms with E-state index in [9.17, 15) is 4.79 Å². The van der Waals surface area contributed by atoms with E-state index in [4.69, 9.17) is 0 Å². The molecule has 2 rings (SSSR count). The second-order valence-electron chi connectivity index (χ2n) is 4.82. The topological polar surface area (TPSA) is 32.3 Å². The Kier molecular flexibility index (Phi) is 3.80.